The molecule has 1 aliphatic rings. The van der Waals surface area contributed by atoms with Gasteiger partial charge in [-0.25, -0.2) is 0 Å². The van der Waals surface area contributed by atoms with Crippen LogP contribution >= 0.6 is 0 Å². The van der Waals surface area contributed by atoms with Crippen LogP contribution in [-0.4, -0.2) is 18.8 Å². The largest absolute Gasteiger partial charge is 0.496 e. The highest BCUT2D eigenvalue weighted by Gasteiger charge is 2.28. The monoisotopic (exact) mass is 284 g/mol. The molecule has 0 spiro atoms. The molecule has 0 amide bonds. The van der Waals surface area contributed by atoms with Gasteiger partial charge >= 0.3 is 0 Å². The molecule has 0 aliphatic carbocycles. The summed E-state index contributed by atoms with van der Waals surface area (Å²) in [5.41, 5.74) is 3.05. The maximum absolute atomic E-state index is 10.8. The molecular formula is C18H20O3. The van der Waals surface area contributed by atoms with E-state index in [1.54, 1.807) is 7.11 Å². The second-order valence-electron chi connectivity index (χ2n) is 5.46. The zero-order chi connectivity index (χ0) is 14.8. The van der Waals surface area contributed by atoms with E-state index in [2.05, 4.69) is 0 Å². The Kier molecular flexibility index (Phi) is 3.84. The number of para-hydroxylation sites is 1. The van der Waals surface area contributed by atoms with Gasteiger partial charge in [0.05, 0.1) is 19.8 Å². The van der Waals surface area contributed by atoms with Gasteiger partial charge in [0.15, 0.2) is 0 Å². The van der Waals surface area contributed by atoms with Crippen LogP contribution in [0.2, 0.25) is 0 Å². The lowest BCUT2D eigenvalue weighted by molar-refractivity contribution is 0.117. The van der Waals surface area contributed by atoms with Crippen molar-refractivity contribution in [3.8, 4) is 11.5 Å². The van der Waals surface area contributed by atoms with Gasteiger partial charge in [-0.15, -0.1) is 0 Å². The minimum atomic E-state index is -0.528. The summed E-state index contributed by atoms with van der Waals surface area (Å²) in [6.07, 6.45) is 0.295. The molecule has 0 radical (unpaired) electrons. The summed E-state index contributed by atoms with van der Waals surface area (Å²) in [4.78, 5) is 0. The average Bonchev–Trinajstić information content (AvgIpc) is 2.53. The SMILES string of the molecule is COc1ccc(C(O)C2CCOc3ccccc32)cc1C. The maximum atomic E-state index is 10.8. The van der Waals surface area contributed by atoms with Crippen molar-refractivity contribution < 1.29 is 14.6 Å². The molecule has 0 aromatic heterocycles. The fourth-order valence-corrected chi connectivity index (χ4v) is 3.02. The molecule has 2 aromatic carbocycles. The van der Waals surface area contributed by atoms with Crippen LogP contribution in [0.3, 0.4) is 0 Å². The molecule has 2 aromatic rings. The summed E-state index contributed by atoms with van der Waals surface area (Å²) in [5, 5.41) is 10.8. The van der Waals surface area contributed by atoms with Gasteiger partial charge in [0.1, 0.15) is 11.5 Å². The van der Waals surface area contributed by atoms with Crippen LogP contribution in [0.5, 0.6) is 11.5 Å². The molecule has 110 valence electrons. The molecule has 3 heteroatoms. The highest BCUT2D eigenvalue weighted by molar-refractivity contribution is 5.42. The number of rotatable bonds is 3. The zero-order valence-corrected chi connectivity index (χ0v) is 12.4. The number of aryl methyl sites for hydroxylation is 1. The second kappa shape index (κ2) is 5.78. The topological polar surface area (TPSA) is 38.7 Å². The fourth-order valence-electron chi connectivity index (χ4n) is 3.02. The Hall–Kier alpha value is -2.00. The van der Waals surface area contributed by atoms with E-state index in [9.17, 15) is 5.11 Å². The summed E-state index contributed by atoms with van der Waals surface area (Å²) < 4.78 is 10.9. The lowest BCUT2D eigenvalue weighted by Gasteiger charge is -2.30. The first-order valence-corrected chi connectivity index (χ1v) is 7.25. The number of ether oxygens (including phenoxy) is 2. The van der Waals surface area contributed by atoms with Gasteiger partial charge in [-0.2, -0.15) is 0 Å². The number of hydrogen-bond donors (Lipinski definition) is 1. The van der Waals surface area contributed by atoms with E-state index in [-0.39, 0.29) is 5.92 Å². The van der Waals surface area contributed by atoms with Crippen molar-refractivity contribution in [2.24, 2.45) is 0 Å². The van der Waals surface area contributed by atoms with Gasteiger partial charge in [-0.05, 0) is 42.7 Å². The van der Waals surface area contributed by atoms with E-state index in [0.29, 0.717) is 6.61 Å². The summed E-state index contributed by atoms with van der Waals surface area (Å²) in [6.45, 7) is 2.64. The Morgan fingerprint density at radius 2 is 2.05 bits per heavy atom. The minimum absolute atomic E-state index is 0.0720. The molecule has 3 rings (SSSR count). The van der Waals surface area contributed by atoms with Crippen molar-refractivity contribution in [3.05, 3.63) is 59.2 Å². The second-order valence-corrected chi connectivity index (χ2v) is 5.46. The molecule has 1 heterocycles. The van der Waals surface area contributed by atoms with E-state index in [0.717, 1.165) is 34.6 Å². The first-order valence-electron chi connectivity index (χ1n) is 7.25. The predicted octanol–water partition coefficient (Wildman–Crippen LogP) is 3.60. The van der Waals surface area contributed by atoms with Crippen molar-refractivity contribution in [3.63, 3.8) is 0 Å². The lowest BCUT2D eigenvalue weighted by Crippen LogP contribution is -2.20. The van der Waals surface area contributed by atoms with Gasteiger partial charge in [-0.1, -0.05) is 24.3 Å². The molecule has 0 fully saturated rings. The molecule has 2 unspecified atom stereocenters. The standard InChI is InChI=1S/C18H20O3/c1-12-11-13(7-8-16(12)20-2)18(19)15-9-10-21-17-6-4-3-5-14(15)17/h3-8,11,15,18-19H,9-10H2,1-2H3. The Morgan fingerprint density at radius 1 is 1.24 bits per heavy atom. The predicted molar refractivity (Wildman–Crippen MR) is 82.0 cm³/mol. The van der Waals surface area contributed by atoms with Gasteiger partial charge in [0.2, 0.25) is 0 Å². The first-order chi connectivity index (χ1) is 10.2. The van der Waals surface area contributed by atoms with Gasteiger partial charge < -0.3 is 14.6 Å². The van der Waals surface area contributed by atoms with Crippen molar-refractivity contribution >= 4 is 0 Å². The van der Waals surface area contributed by atoms with Crippen LogP contribution in [0.4, 0.5) is 0 Å². The summed E-state index contributed by atoms with van der Waals surface area (Å²) in [6, 6.07) is 13.8. The average molecular weight is 284 g/mol. The molecule has 0 saturated carbocycles. The number of hydrogen-bond acceptors (Lipinski definition) is 3. The quantitative estimate of drug-likeness (QED) is 0.936. The van der Waals surface area contributed by atoms with Crippen LogP contribution in [-0.2, 0) is 0 Å². The highest BCUT2D eigenvalue weighted by atomic mass is 16.5. The van der Waals surface area contributed by atoms with E-state index < -0.39 is 6.10 Å². The van der Waals surface area contributed by atoms with Crippen LogP contribution in [0.1, 0.15) is 35.1 Å². The first kappa shape index (κ1) is 14.0. The number of benzene rings is 2. The third kappa shape index (κ3) is 2.61. The van der Waals surface area contributed by atoms with Gasteiger partial charge in [0.25, 0.3) is 0 Å². The third-order valence-electron chi connectivity index (χ3n) is 4.15. The molecule has 2 atom stereocenters. The number of aliphatic hydroxyl groups excluding tert-OH is 1. The van der Waals surface area contributed by atoms with Gasteiger partial charge in [-0.3, -0.25) is 0 Å². The van der Waals surface area contributed by atoms with Crippen molar-refractivity contribution in [2.75, 3.05) is 13.7 Å². The molecule has 21 heavy (non-hydrogen) atoms. The van der Waals surface area contributed by atoms with Crippen molar-refractivity contribution in [1.82, 2.24) is 0 Å². The molecule has 1 N–H and O–H groups in total. The van der Waals surface area contributed by atoms with Crippen molar-refractivity contribution in [1.29, 1.82) is 0 Å². The van der Waals surface area contributed by atoms with E-state index in [4.69, 9.17) is 9.47 Å². The number of aliphatic hydroxyl groups is 1. The van der Waals surface area contributed by atoms with E-state index in [1.165, 1.54) is 0 Å². The summed E-state index contributed by atoms with van der Waals surface area (Å²) in [5.74, 6) is 1.80. The molecular weight excluding hydrogens is 264 g/mol. The number of fused-ring (bicyclic) bond motifs is 1. The Balaban J connectivity index is 1.92. The van der Waals surface area contributed by atoms with Crippen LogP contribution in [0.15, 0.2) is 42.5 Å². The fraction of sp³-hybridized carbons (Fsp3) is 0.333. The summed E-state index contributed by atoms with van der Waals surface area (Å²) >= 11 is 0. The Bertz CT molecular complexity index is 636. The summed E-state index contributed by atoms with van der Waals surface area (Å²) in [7, 11) is 1.66. The molecule has 0 saturated heterocycles. The zero-order valence-electron chi connectivity index (χ0n) is 12.4. The van der Waals surface area contributed by atoms with E-state index >= 15 is 0 Å². The lowest BCUT2D eigenvalue weighted by atomic mass is 9.84. The van der Waals surface area contributed by atoms with Crippen molar-refractivity contribution in [2.45, 2.75) is 25.4 Å². The van der Waals surface area contributed by atoms with E-state index in [1.807, 2.05) is 49.4 Å². The Morgan fingerprint density at radius 3 is 2.81 bits per heavy atom. The molecule has 3 nitrogen and oxygen atoms in total. The van der Waals surface area contributed by atoms with Crippen LogP contribution in [0, 0.1) is 6.92 Å². The highest BCUT2D eigenvalue weighted by Crippen LogP contribution is 2.41. The minimum Gasteiger partial charge on any atom is -0.496 e. The van der Waals surface area contributed by atoms with Crippen LogP contribution in [0.25, 0.3) is 0 Å². The molecule has 1 aliphatic heterocycles. The van der Waals surface area contributed by atoms with Gasteiger partial charge in [0, 0.05) is 11.5 Å². The smallest absolute Gasteiger partial charge is 0.122 e. The third-order valence-corrected chi connectivity index (χ3v) is 4.15. The Labute approximate surface area is 125 Å². The van der Waals surface area contributed by atoms with Crippen LogP contribution < -0.4 is 9.47 Å². The maximum Gasteiger partial charge on any atom is 0.122 e. The molecule has 0 bridgehead atoms. The normalized spacial score (nSPS) is 18.5. The number of methoxy groups -OCH3 is 1.